The van der Waals surface area contributed by atoms with Crippen molar-refractivity contribution in [2.75, 3.05) is 5.32 Å². The highest BCUT2D eigenvalue weighted by Crippen LogP contribution is 2.23. The predicted molar refractivity (Wildman–Crippen MR) is 107 cm³/mol. The summed E-state index contributed by atoms with van der Waals surface area (Å²) in [6, 6.07) is 11.1. The molecule has 0 radical (unpaired) electrons. The lowest BCUT2D eigenvalue weighted by molar-refractivity contribution is -0.152. The third-order valence-corrected chi connectivity index (χ3v) is 5.16. The molecule has 0 bridgehead atoms. The molecular formula is C20H20N2O6S. The third-order valence-electron chi connectivity index (χ3n) is 4.25. The van der Waals surface area contributed by atoms with Crippen LogP contribution in [0.4, 0.5) is 5.69 Å². The summed E-state index contributed by atoms with van der Waals surface area (Å²) in [5.41, 5.74) is 2.60. The molecule has 3 rings (SSSR count). The van der Waals surface area contributed by atoms with Crippen molar-refractivity contribution in [3.05, 3.63) is 59.9 Å². The lowest BCUT2D eigenvalue weighted by Crippen LogP contribution is -2.30. The van der Waals surface area contributed by atoms with Crippen LogP contribution >= 0.6 is 0 Å². The first-order chi connectivity index (χ1) is 13.6. The highest BCUT2D eigenvalue weighted by molar-refractivity contribution is 7.89. The van der Waals surface area contributed by atoms with E-state index < -0.39 is 28.0 Å². The molecule has 1 amide bonds. The predicted octanol–water partition coefficient (Wildman–Crippen LogP) is 2.50. The number of esters is 1. The molecule has 2 aromatic carbocycles. The maximum Gasteiger partial charge on any atom is 0.311 e. The number of carbonyl (C=O) groups is 2. The van der Waals surface area contributed by atoms with Crippen LogP contribution < -0.4 is 10.5 Å². The van der Waals surface area contributed by atoms with Gasteiger partial charge in [-0.2, -0.15) is 0 Å². The Hall–Kier alpha value is -3.17. The molecule has 29 heavy (non-hydrogen) atoms. The number of anilines is 1. The number of nitrogens with one attached hydrogen (secondary N) is 1. The van der Waals surface area contributed by atoms with Gasteiger partial charge in [0, 0.05) is 16.6 Å². The lowest BCUT2D eigenvalue weighted by atomic mass is 10.1. The normalized spacial score (nSPS) is 12.5. The first-order valence-corrected chi connectivity index (χ1v) is 10.3. The standard InChI is InChI=1S/C20H20N2O6S/c1-12-6-7-17-14(11-27-18(17)8-12)9-19(23)28-13(2)20(24)22-15-4-3-5-16(10-15)29(21,25)26/h3-8,10-11,13H,9H2,1-2H3,(H,22,24)(H2,21,25,26). The molecule has 1 atom stereocenters. The van der Waals surface area contributed by atoms with Crippen molar-refractivity contribution >= 4 is 38.6 Å². The summed E-state index contributed by atoms with van der Waals surface area (Å²) in [6.45, 7) is 3.36. The molecule has 0 fully saturated rings. The fraction of sp³-hybridized carbons (Fsp3) is 0.200. The Morgan fingerprint density at radius 1 is 1.21 bits per heavy atom. The Morgan fingerprint density at radius 2 is 1.97 bits per heavy atom. The molecule has 3 N–H and O–H groups in total. The molecule has 152 valence electrons. The SMILES string of the molecule is Cc1ccc2c(CC(=O)OC(C)C(=O)Nc3cccc(S(N)(=O)=O)c3)coc2c1. The summed E-state index contributed by atoms with van der Waals surface area (Å²) in [5, 5.41) is 8.39. The summed E-state index contributed by atoms with van der Waals surface area (Å²) in [7, 11) is -3.90. The molecular weight excluding hydrogens is 396 g/mol. The van der Waals surface area contributed by atoms with E-state index in [9.17, 15) is 18.0 Å². The lowest BCUT2D eigenvalue weighted by Gasteiger charge is -2.13. The van der Waals surface area contributed by atoms with Gasteiger partial charge in [0.15, 0.2) is 6.10 Å². The second-order valence-electron chi connectivity index (χ2n) is 6.63. The number of carbonyl (C=O) groups excluding carboxylic acids is 2. The van der Waals surface area contributed by atoms with Gasteiger partial charge in [0.2, 0.25) is 10.0 Å². The number of furan rings is 1. The fourth-order valence-electron chi connectivity index (χ4n) is 2.77. The second-order valence-corrected chi connectivity index (χ2v) is 8.19. The summed E-state index contributed by atoms with van der Waals surface area (Å²) in [6.07, 6.45) is 0.365. The van der Waals surface area contributed by atoms with Gasteiger partial charge in [0.1, 0.15) is 5.58 Å². The monoisotopic (exact) mass is 416 g/mol. The van der Waals surface area contributed by atoms with Crippen molar-refractivity contribution in [3.8, 4) is 0 Å². The van der Waals surface area contributed by atoms with Crippen molar-refractivity contribution in [3.63, 3.8) is 0 Å². The van der Waals surface area contributed by atoms with Gasteiger partial charge in [-0.3, -0.25) is 9.59 Å². The van der Waals surface area contributed by atoms with Gasteiger partial charge < -0.3 is 14.5 Å². The largest absolute Gasteiger partial charge is 0.464 e. The smallest absolute Gasteiger partial charge is 0.311 e. The summed E-state index contributed by atoms with van der Waals surface area (Å²) in [4.78, 5) is 24.4. The summed E-state index contributed by atoms with van der Waals surface area (Å²) < 4.78 is 33.4. The fourth-order valence-corrected chi connectivity index (χ4v) is 3.33. The van der Waals surface area contributed by atoms with Crippen molar-refractivity contribution < 1.29 is 27.2 Å². The van der Waals surface area contributed by atoms with Crippen LogP contribution in [0.2, 0.25) is 0 Å². The van der Waals surface area contributed by atoms with Crippen LogP contribution in [0, 0.1) is 6.92 Å². The van der Waals surface area contributed by atoms with Crippen LogP contribution in [0.3, 0.4) is 0 Å². The summed E-state index contributed by atoms with van der Waals surface area (Å²) in [5.74, 6) is -1.19. The molecule has 0 spiro atoms. The highest BCUT2D eigenvalue weighted by Gasteiger charge is 2.20. The van der Waals surface area contributed by atoms with Gasteiger partial charge in [-0.05, 0) is 43.7 Å². The zero-order chi connectivity index (χ0) is 21.2. The molecule has 9 heteroatoms. The van der Waals surface area contributed by atoms with Crippen LogP contribution in [0.5, 0.6) is 0 Å². The van der Waals surface area contributed by atoms with Crippen molar-refractivity contribution in [2.24, 2.45) is 5.14 Å². The van der Waals surface area contributed by atoms with Gasteiger partial charge in [-0.25, -0.2) is 13.6 Å². The maximum atomic E-state index is 12.3. The molecule has 0 aliphatic heterocycles. The van der Waals surface area contributed by atoms with Crippen LogP contribution in [-0.2, 0) is 30.8 Å². The zero-order valence-electron chi connectivity index (χ0n) is 15.8. The number of primary sulfonamides is 1. The second kappa shape index (κ2) is 8.06. The van der Waals surface area contributed by atoms with E-state index in [0.29, 0.717) is 11.1 Å². The van der Waals surface area contributed by atoms with Crippen molar-refractivity contribution in [2.45, 2.75) is 31.3 Å². The molecule has 0 saturated carbocycles. The van der Waals surface area contributed by atoms with E-state index in [0.717, 1.165) is 10.9 Å². The van der Waals surface area contributed by atoms with E-state index in [1.54, 1.807) is 0 Å². The number of sulfonamides is 1. The Morgan fingerprint density at radius 3 is 2.69 bits per heavy atom. The average molecular weight is 416 g/mol. The first kappa shape index (κ1) is 20.6. The Bertz CT molecular complexity index is 1180. The van der Waals surface area contributed by atoms with Crippen LogP contribution in [0.1, 0.15) is 18.1 Å². The first-order valence-electron chi connectivity index (χ1n) is 8.73. The average Bonchev–Trinajstić information content (AvgIpc) is 3.02. The zero-order valence-corrected chi connectivity index (χ0v) is 16.7. The summed E-state index contributed by atoms with van der Waals surface area (Å²) >= 11 is 0. The number of ether oxygens (including phenoxy) is 1. The number of fused-ring (bicyclic) bond motifs is 1. The van der Waals surface area contributed by atoms with Crippen molar-refractivity contribution in [1.82, 2.24) is 0 Å². The van der Waals surface area contributed by atoms with Crippen LogP contribution in [0.25, 0.3) is 11.0 Å². The number of benzene rings is 2. The topological polar surface area (TPSA) is 129 Å². The van der Waals surface area contributed by atoms with E-state index in [1.807, 2.05) is 25.1 Å². The van der Waals surface area contributed by atoms with E-state index in [1.165, 1.54) is 37.5 Å². The molecule has 1 heterocycles. The Labute approximate surface area is 167 Å². The van der Waals surface area contributed by atoms with E-state index in [2.05, 4.69) is 5.32 Å². The van der Waals surface area contributed by atoms with Gasteiger partial charge >= 0.3 is 5.97 Å². The van der Waals surface area contributed by atoms with Gasteiger partial charge in [-0.1, -0.05) is 18.2 Å². The number of amides is 1. The number of hydrogen-bond donors (Lipinski definition) is 2. The third kappa shape index (κ3) is 5.01. The van der Waals surface area contributed by atoms with E-state index in [4.69, 9.17) is 14.3 Å². The van der Waals surface area contributed by atoms with Crippen LogP contribution in [0.15, 0.2) is 58.0 Å². The van der Waals surface area contributed by atoms with Gasteiger partial charge in [0.05, 0.1) is 17.6 Å². The quantitative estimate of drug-likeness (QED) is 0.594. The molecule has 3 aromatic rings. The Balaban J connectivity index is 1.62. The van der Waals surface area contributed by atoms with Crippen LogP contribution in [-0.4, -0.2) is 26.4 Å². The minimum absolute atomic E-state index is 0.0470. The number of aryl methyl sites for hydroxylation is 1. The van der Waals surface area contributed by atoms with E-state index in [-0.39, 0.29) is 17.0 Å². The minimum Gasteiger partial charge on any atom is -0.464 e. The van der Waals surface area contributed by atoms with Gasteiger partial charge in [-0.15, -0.1) is 0 Å². The minimum atomic E-state index is -3.90. The number of nitrogens with two attached hydrogens (primary N) is 1. The Kier molecular flexibility index (Phi) is 5.71. The van der Waals surface area contributed by atoms with Gasteiger partial charge in [0.25, 0.3) is 5.91 Å². The maximum absolute atomic E-state index is 12.3. The number of rotatable bonds is 6. The molecule has 1 unspecified atom stereocenters. The molecule has 0 aliphatic carbocycles. The molecule has 1 aromatic heterocycles. The number of hydrogen-bond acceptors (Lipinski definition) is 6. The molecule has 0 saturated heterocycles. The molecule has 8 nitrogen and oxygen atoms in total. The highest BCUT2D eigenvalue weighted by atomic mass is 32.2. The van der Waals surface area contributed by atoms with E-state index >= 15 is 0 Å². The van der Waals surface area contributed by atoms with Crippen molar-refractivity contribution in [1.29, 1.82) is 0 Å². The molecule has 0 aliphatic rings.